The standard InChI is InChI=1S/C14H26N2O2/c1-11-5-7-15-12(9-11)13(17)16-8-4-6-14(2,10-16)18-3/h11-12,15H,4-10H2,1-3H3. The number of hydrogen-bond donors (Lipinski definition) is 1. The zero-order chi connectivity index (χ0) is 13.2. The lowest BCUT2D eigenvalue weighted by atomic mass is 9.91. The minimum Gasteiger partial charge on any atom is -0.377 e. The van der Waals surface area contributed by atoms with Gasteiger partial charge in [0.2, 0.25) is 5.91 Å². The van der Waals surface area contributed by atoms with E-state index in [0.717, 1.165) is 38.9 Å². The van der Waals surface area contributed by atoms with Crippen molar-refractivity contribution in [1.29, 1.82) is 0 Å². The van der Waals surface area contributed by atoms with Crippen molar-refractivity contribution in [3.63, 3.8) is 0 Å². The molecule has 104 valence electrons. The van der Waals surface area contributed by atoms with Crippen molar-refractivity contribution in [3.05, 3.63) is 0 Å². The minimum absolute atomic E-state index is 0.0213. The molecule has 0 radical (unpaired) electrons. The fraction of sp³-hybridized carbons (Fsp3) is 0.929. The summed E-state index contributed by atoms with van der Waals surface area (Å²) in [5.74, 6) is 0.920. The van der Waals surface area contributed by atoms with Gasteiger partial charge < -0.3 is 15.0 Å². The topological polar surface area (TPSA) is 41.6 Å². The van der Waals surface area contributed by atoms with Crippen molar-refractivity contribution in [2.24, 2.45) is 5.92 Å². The molecule has 0 aromatic carbocycles. The summed E-state index contributed by atoms with van der Waals surface area (Å²) in [5.41, 5.74) is -0.159. The van der Waals surface area contributed by atoms with E-state index in [0.29, 0.717) is 5.92 Å². The first-order chi connectivity index (χ1) is 8.54. The smallest absolute Gasteiger partial charge is 0.239 e. The van der Waals surface area contributed by atoms with E-state index in [1.165, 1.54) is 6.42 Å². The second-order valence-corrected chi connectivity index (χ2v) is 6.15. The molecule has 2 aliphatic rings. The fourth-order valence-electron chi connectivity index (χ4n) is 3.08. The van der Waals surface area contributed by atoms with Gasteiger partial charge in [0.25, 0.3) is 0 Å². The van der Waals surface area contributed by atoms with Gasteiger partial charge >= 0.3 is 0 Å². The van der Waals surface area contributed by atoms with Gasteiger partial charge in [-0.05, 0) is 45.1 Å². The van der Waals surface area contributed by atoms with Crippen molar-refractivity contribution in [3.8, 4) is 0 Å². The number of methoxy groups -OCH3 is 1. The first kappa shape index (κ1) is 13.8. The third kappa shape index (κ3) is 3.04. The number of nitrogens with zero attached hydrogens (tertiary/aromatic N) is 1. The van der Waals surface area contributed by atoms with Crippen molar-refractivity contribution in [1.82, 2.24) is 10.2 Å². The maximum Gasteiger partial charge on any atom is 0.239 e. The quantitative estimate of drug-likeness (QED) is 0.810. The molecule has 2 saturated heterocycles. The fourth-order valence-corrected chi connectivity index (χ4v) is 3.08. The van der Waals surface area contributed by atoms with Crippen LogP contribution in [0.5, 0.6) is 0 Å². The summed E-state index contributed by atoms with van der Waals surface area (Å²) in [7, 11) is 1.74. The van der Waals surface area contributed by atoms with Gasteiger partial charge in [0.15, 0.2) is 0 Å². The molecule has 0 aromatic heterocycles. The Bertz CT molecular complexity index is 308. The van der Waals surface area contributed by atoms with E-state index in [1.807, 2.05) is 4.90 Å². The number of likely N-dealkylation sites (tertiary alicyclic amines) is 1. The highest BCUT2D eigenvalue weighted by atomic mass is 16.5. The highest BCUT2D eigenvalue weighted by Crippen LogP contribution is 2.25. The molecule has 0 aliphatic carbocycles. The molecule has 1 amide bonds. The highest BCUT2D eigenvalue weighted by Gasteiger charge is 2.36. The van der Waals surface area contributed by atoms with Gasteiger partial charge in [-0.2, -0.15) is 0 Å². The van der Waals surface area contributed by atoms with Crippen LogP contribution < -0.4 is 5.32 Å². The lowest BCUT2D eigenvalue weighted by molar-refractivity contribution is -0.142. The third-order valence-electron chi connectivity index (χ3n) is 4.43. The Hall–Kier alpha value is -0.610. The third-order valence-corrected chi connectivity index (χ3v) is 4.43. The van der Waals surface area contributed by atoms with Crippen LogP contribution in [0.2, 0.25) is 0 Å². The van der Waals surface area contributed by atoms with E-state index in [9.17, 15) is 4.79 Å². The number of amides is 1. The molecule has 2 fully saturated rings. The summed E-state index contributed by atoms with van der Waals surface area (Å²) in [6.07, 6.45) is 4.23. The number of carbonyl (C=O) groups is 1. The Morgan fingerprint density at radius 1 is 1.50 bits per heavy atom. The summed E-state index contributed by atoms with van der Waals surface area (Å²) < 4.78 is 5.55. The van der Waals surface area contributed by atoms with Crippen LogP contribution in [0.15, 0.2) is 0 Å². The monoisotopic (exact) mass is 254 g/mol. The molecular formula is C14H26N2O2. The molecule has 2 rings (SSSR count). The lowest BCUT2D eigenvalue weighted by Gasteiger charge is -2.41. The predicted octanol–water partition coefficient (Wildman–Crippen LogP) is 1.40. The van der Waals surface area contributed by atoms with Gasteiger partial charge in [-0.25, -0.2) is 0 Å². The van der Waals surface area contributed by atoms with Crippen LogP contribution in [0.25, 0.3) is 0 Å². The zero-order valence-electron chi connectivity index (χ0n) is 11.9. The molecule has 18 heavy (non-hydrogen) atoms. The van der Waals surface area contributed by atoms with Crippen molar-refractivity contribution >= 4 is 5.91 Å². The van der Waals surface area contributed by atoms with Crippen molar-refractivity contribution in [2.75, 3.05) is 26.7 Å². The SMILES string of the molecule is COC1(C)CCCN(C(=O)C2CC(C)CCN2)C1. The molecule has 0 saturated carbocycles. The molecule has 3 atom stereocenters. The zero-order valence-corrected chi connectivity index (χ0v) is 11.9. The van der Waals surface area contributed by atoms with Gasteiger partial charge in [0, 0.05) is 20.2 Å². The molecule has 4 heteroatoms. The summed E-state index contributed by atoms with van der Waals surface area (Å²) >= 11 is 0. The van der Waals surface area contributed by atoms with Crippen LogP contribution in [0.4, 0.5) is 0 Å². The minimum atomic E-state index is -0.159. The highest BCUT2D eigenvalue weighted by molar-refractivity contribution is 5.82. The number of piperidine rings is 2. The number of carbonyl (C=O) groups excluding carboxylic acids is 1. The second-order valence-electron chi connectivity index (χ2n) is 6.15. The van der Waals surface area contributed by atoms with E-state index in [2.05, 4.69) is 19.2 Å². The first-order valence-electron chi connectivity index (χ1n) is 7.11. The van der Waals surface area contributed by atoms with Crippen LogP contribution in [0, 0.1) is 5.92 Å². The molecule has 1 N–H and O–H groups in total. The molecule has 4 nitrogen and oxygen atoms in total. The average Bonchev–Trinajstić information content (AvgIpc) is 2.38. The second kappa shape index (κ2) is 5.57. The van der Waals surface area contributed by atoms with E-state index in [1.54, 1.807) is 7.11 Å². The van der Waals surface area contributed by atoms with Crippen LogP contribution in [-0.4, -0.2) is 49.2 Å². The van der Waals surface area contributed by atoms with Gasteiger partial charge in [0.05, 0.1) is 11.6 Å². The number of nitrogens with one attached hydrogen (secondary N) is 1. The predicted molar refractivity (Wildman–Crippen MR) is 71.4 cm³/mol. The van der Waals surface area contributed by atoms with Gasteiger partial charge in [-0.15, -0.1) is 0 Å². The number of rotatable bonds is 2. The summed E-state index contributed by atoms with van der Waals surface area (Å²) in [6.45, 7) is 6.91. The van der Waals surface area contributed by atoms with Crippen molar-refractivity contribution < 1.29 is 9.53 Å². The lowest BCUT2D eigenvalue weighted by Crippen LogP contribution is -2.56. The first-order valence-corrected chi connectivity index (χ1v) is 7.11. The van der Waals surface area contributed by atoms with E-state index < -0.39 is 0 Å². The van der Waals surface area contributed by atoms with Crippen LogP contribution in [0.3, 0.4) is 0 Å². The van der Waals surface area contributed by atoms with Crippen LogP contribution >= 0.6 is 0 Å². The molecule has 0 aromatic rings. The van der Waals surface area contributed by atoms with Crippen LogP contribution in [0.1, 0.15) is 39.5 Å². The summed E-state index contributed by atoms with van der Waals surface area (Å²) in [4.78, 5) is 14.5. The van der Waals surface area contributed by atoms with Gasteiger partial charge in [-0.3, -0.25) is 4.79 Å². The van der Waals surface area contributed by atoms with Gasteiger partial charge in [0.1, 0.15) is 0 Å². The number of hydrogen-bond acceptors (Lipinski definition) is 3. The van der Waals surface area contributed by atoms with E-state index >= 15 is 0 Å². The molecule has 2 heterocycles. The maximum atomic E-state index is 12.5. The summed E-state index contributed by atoms with van der Waals surface area (Å²) in [5, 5.41) is 3.36. The van der Waals surface area contributed by atoms with Crippen LogP contribution in [-0.2, 0) is 9.53 Å². The molecule has 0 bridgehead atoms. The Balaban J connectivity index is 1.96. The average molecular weight is 254 g/mol. The Morgan fingerprint density at radius 3 is 2.94 bits per heavy atom. The van der Waals surface area contributed by atoms with E-state index in [-0.39, 0.29) is 17.6 Å². The maximum absolute atomic E-state index is 12.5. The molecule has 3 unspecified atom stereocenters. The van der Waals surface area contributed by atoms with Gasteiger partial charge in [-0.1, -0.05) is 6.92 Å². The Morgan fingerprint density at radius 2 is 2.28 bits per heavy atom. The largest absolute Gasteiger partial charge is 0.377 e. The van der Waals surface area contributed by atoms with E-state index in [4.69, 9.17) is 4.74 Å². The normalized spacial score (nSPS) is 37.6. The molecule has 2 aliphatic heterocycles. The van der Waals surface area contributed by atoms with Crippen molar-refractivity contribution in [2.45, 2.75) is 51.2 Å². The summed E-state index contributed by atoms with van der Waals surface area (Å²) in [6, 6.07) is 0.0213. The molecule has 0 spiro atoms. The molecular weight excluding hydrogens is 228 g/mol. The Labute approximate surface area is 110 Å². The Kier molecular flexibility index (Phi) is 4.28. The number of ether oxygens (including phenoxy) is 1.